The van der Waals surface area contributed by atoms with Crippen molar-refractivity contribution in [1.82, 2.24) is 5.32 Å². The van der Waals surface area contributed by atoms with Crippen LogP contribution in [-0.2, 0) is 0 Å². The van der Waals surface area contributed by atoms with Crippen molar-refractivity contribution in [3.8, 4) is 0 Å². The zero-order valence-corrected chi connectivity index (χ0v) is 8.46. The van der Waals surface area contributed by atoms with Gasteiger partial charge in [0.1, 0.15) is 5.82 Å². The van der Waals surface area contributed by atoms with Gasteiger partial charge in [-0.1, -0.05) is 6.07 Å². The van der Waals surface area contributed by atoms with Crippen molar-refractivity contribution < 1.29 is 4.39 Å². The van der Waals surface area contributed by atoms with Gasteiger partial charge >= 0.3 is 0 Å². The molecule has 3 nitrogen and oxygen atoms in total. The summed E-state index contributed by atoms with van der Waals surface area (Å²) in [6.45, 7) is 3.74. The monoisotopic (exact) mass is 207 g/mol. The van der Waals surface area contributed by atoms with E-state index in [2.05, 4.69) is 15.5 Å². The van der Waals surface area contributed by atoms with E-state index < -0.39 is 0 Å². The van der Waals surface area contributed by atoms with Crippen LogP contribution in [0.4, 0.5) is 15.8 Å². The first-order valence-electron chi connectivity index (χ1n) is 5.36. The Kier molecular flexibility index (Phi) is 2.02. The van der Waals surface area contributed by atoms with Gasteiger partial charge in [0.25, 0.3) is 0 Å². The Labute approximate surface area is 88.3 Å². The van der Waals surface area contributed by atoms with E-state index in [1.807, 2.05) is 6.07 Å². The number of nitrogens with zero attached hydrogens (tertiary/aromatic N) is 1. The quantitative estimate of drug-likeness (QED) is 0.665. The summed E-state index contributed by atoms with van der Waals surface area (Å²) >= 11 is 0. The molecule has 2 heterocycles. The third kappa shape index (κ3) is 1.36. The molecule has 80 valence electrons. The van der Waals surface area contributed by atoms with Crippen LogP contribution >= 0.6 is 0 Å². The summed E-state index contributed by atoms with van der Waals surface area (Å²) in [4.78, 5) is 2.30. The average molecular weight is 207 g/mol. The van der Waals surface area contributed by atoms with Crippen molar-refractivity contribution in [2.24, 2.45) is 0 Å². The fourth-order valence-electron chi connectivity index (χ4n) is 2.41. The predicted octanol–water partition coefficient (Wildman–Crippen LogP) is 1.03. The van der Waals surface area contributed by atoms with Crippen LogP contribution in [0.2, 0.25) is 0 Å². The molecule has 0 spiro atoms. The lowest BCUT2D eigenvalue weighted by molar-refractivity contribution is 0.479. The molecule has 2 N–H and O–H groups in total. The molecule has 1 aromatic rings. The first-order valence-corrected chi connectivity index (χ1v) is 5.36. The van der Waals surface area contributed by atoms with Crippen molar-refractivity contribution in [3.63, 3.8) is 0 Å². The number of rotatable bonds is 0. The lowest BCUT2D eigenvalue weighted by Crippen LogP contribution is -2.56. The van der Waals surface area contributed by atoms with Crippen molar-refractivity contribution in [2.45, 2.75) is 6.04 Å². The third-order valence-electron chi connectivity index (χ3n) is 3.17. The first kappa shape index (κ1) is 8.97. The second kappa shape index (κ2) is 3.38. The van der Waals surface area contributed by atoms with E-state index in [9.17, 15) is 4.39 Å². The number of hydrogen-bond donors (Lipinski definition) is 2. The summed E-state index contributed by atoms with van der Waals surface area (Å²) in [7, 11) is 0. The Morgan fingerprint density at radius 3 is 3.20 bits per heavy atom. The SMILES string of the molecule is Fc1cccc2c1NCC1CNCCN21. The molecule has 1 saturated heterocycles. The highest BCUT2D eigenvalue weighted by Crippen LogP contribution is 2.33. The van der Waals surface area contributed by atoms with E-state index in [0.717, 1.165) is 31.9 Å². The van der Waals surface area contributed by atoms with Crippen LogP contribution in [0, 0.1) is 5.82 Å². The van der Waals surface area contributed by atoms with Crippen LogP contribution in [0.25, 0.3) is 0 Å². The lowest BCUT2D eigenvalue weighted by atomic mass is 10.1. The molecule has 2 aliphatic rings. The largest absolute Gasteiger partial charge is 0.379 e. The molecular weight excluding hydrogens is 193 g/mol. The molecule has 0 aromatic heterocycles. The van der Waals surface area contributed by atoms with E-state index in [1.54, 1.807) is 6.07 Å². The molecule has 1 atom stereocenters. The molecular formula is C11H14FN3. The van der Waals surface area contributed by atoms with E-state index in [-0.39, 0.29) is 5.82 Å². The Bertz CT molecular complexity index is 380. The van der Waals surface area contributed by atoms with Gasteiger partial charge in [-0.25, -0.2) is 4.39 Å². The number of nitrogens with one attached hydrogen (secondary N) is 2. The number of anilines is 2. The summed E-state index contributed by atoms with van der Waals surface area (Å²) in [6, 6.07) is 5.73. The molecule has 1 aromatic carbocycles. The Morgan fingerprint density at radius 1 is 1.33 bits per heavy atom. The topological polar surface area (TPSA) is 27.3 Å². The summed E-state index contributed by atoms with van der Waals surface area (Å²) in [5.41, 5.74) is 1.67. The number of halogens is 1. The maximum absolute atomic E-state index is 13.5. The van der Waals surface area contributed by atoms with Gasteiger partial charge in [-0.05, 0) is 12.1 Å². The predicted molar refractivity (Wildman–Crippen MR) is 58.9 cm³/mol. The number of hydrogen-bond acceptors (Lipinski definition) is 3. The molecule has 1 unspecified atom stereocenters. The molecule has 0 radical (unpaired) electrons. The fourth-order valence-corrected chi connectivity index (χ4v) is 2.41. The second-order valence-corrected chi connectivity index (χ2v) is 4.07. The molecule has 2 aliphatic heterocycles. The molecule has 0 bridgehead atoms. The Morgan fingerprint density at radius 2 is 2.27 bits per heavy atom. The van der Waals surface area contributed by atoms with E-state index in [1.165, 1.54) is 6.07 Å². The van der Waals surface area contributed by atoms with Crippen LogP contribution < -0.4 is 15.5 Å². The van der Waals surface area contributed by atoms with Crippen molar-refractivity contribution in [3.05, 3.63) is 24.0 Å². The van der Waals surface area contributed by atoms with E-state index in [4.69, 9.17) is 0 Å². The minimum atomic E-state index is -0.149. The zero-order valence-electron chi connectivity index (χ0n) is 8.46. The lowest BCUT2D eigenvalue weighted by Gasteiger charge is -2.42. The second-order valence-electron chi connectivity index (χ2n) is 4.07. The van der Waals surface area contributed by atoms with Gasteiger partial charge in [-0.15, -0.1) is 0 Å². The average Bonchev–Trinajstić information content (AvgIpc) is 2.29. The van der Waals surface area contributed by atoms with Gasteiger partial charge in [0.05, 0.1) is 17.4 Å². The van der Waals surface area contributed by atoms with Gasteiger partial charge in [-0.3, -0.25) is 0 Å². The standard InChI is InChI=1S/C11H14FN3/c12-9-2-1-3-10-11(9)14-7-8-6-13-4-5-15(8)10/h1-3,8,13-14H,4-7H2. The normalized spacial score (nSPS) is 24.1. The third-order valence-corrected chi connectivity index (χ3v) is 3.17. The highest BCUT2D eigenvalue weighted by Gasteiger charge is 2.29. The van der Waals surface area contributed by atoms with Gasteiger partial charge in [0, 0.05) is 26.2 Å². The number of para-hydroxylation sites is 1. The minimum absolute atomic E-state index is 0.149. The maximum Gasteiger partial charge on any atom is 0.148 e. The Hall–Kier alpha value is -1.29. The van der Waals surface area contributed by atoms with Crippen LogP contribution in [0.5, 0.6) is 0 Å². The highest BCUT2D eigenvalue weighted by molar-refractivity contribution is 5.73. The molecule has 0 aliphatic carbocycles. The smallest absolute Gasteiger partial charge is 0.148 e. The van der Waals surface area contributed by atoms with E-state index >= 15 is 0 Å². The number of benzene rings is 1. The van der Waals surface area contributed by atoms with Crippen LogP contribution in [0.15, 0.2) is 18.2 Å². The van der Waals surface area contributed by atoms with Crippen molar-refractivity contribution in [1.29, 1.82) is 0 Å². The van der Waals surface area contributed by atoms with E-state index in [0.29, 0.717) is 11.7 Å². The van der Waals surface area contributed by atoms with Gasteiger partial charge in [-0.2, -0.15) is 0 Å². The fraction of sp³-hybridized carbons (Fsp3) is 0.455. The van der Waals surface area contributed by atoms with Crippen LogP contribution in [-0.4, -0.2) is 32.2 Å². The molecule has 0 amide bonds. The summed E-state index contributed by atoms with van der Waals surface area (Å²) in [5.74, 6) is -0.149. The van der Waals surface area contributed by atoms with Gasteiger partial charge < -0.3 is 15.5 Å². The Balaban J connectivity index is 2.03. The molecule has 1 fully saturated rings. The molecule has 3 rings (SSSR count). The summed E-state index contributed by atoms with van der Waals surface area (Å²) in [6.07, 6.45) is 0. The zero-order chi connectivity index (χ0) is 10.3. The summed E-state index contributed by atoms with van der Waals surface area (Å²) in [5, 5.41) is 6.53. The van der Waals surface area contributed by atoms with Gasteiger partial charge in [0.2, 0.25) is 0 Å². The molecule has 4 heteroatoms. The number of fused-ring (bicyclic) bond motifs is 3. The highest BCUT2D eigenvalue weighted by atomic mass is 19.1. The minimum Gasteiger partial charge on any atom is -0.379 e. The van der Waals surface area contributed by atoms with Crippen molar-refractivity contribution in [2.75, 3.05) is 36.4 Å². The first-order chi connectivity index (χ1) is 7.36. The van der Waals surface area contributed by atoms with Crippen LogP contribution in [0.3, 0.4) is 0 Å². The maximum atomic E-state index is 13.5. The summed E-state index contributed by atoms with van der Waals surface area (Å²) < 4.78 is 13.5. The number of piperazine rings is 1. The molecule has 15 heavy (non-hydrogen) atoms. The molecule has 0 saturated carbocycles. The van der Waals surface area contributed by atoms with Crippen molar-refractivity contribution >= 4 is 11.4 Å². The van der Waals surface area contributed by atoms with Gasteiger partial charge in [0.15, 0.2) is 0 Å². The van der Waals surface area contributed by atoms with Crippen LogP contribution in [0.1, 0.15) is 0 Å².